The molecule has 0 bridgehead atoms. The summed E-state index contributed by atoms with van der Waals surface area (Å²) in [4.78, 5) is 0. The number of hydrogen-bond donors (Lipinski definition) is 0. The molecule has 83 valence electrons. The lowest BCUT2D eigenvalue weighted by molar-refractivity contribution is 0.414. The van der Waals surface area contributed by atoms with Crippen LogP contribution in [-0.4, -0.2) is 0 Å². The molecule has 0 aliphatic heterocycles. The fraction of sp³-hybridized carbons (Fsp3) is 0.929. The molecule has 1 fully saturated rings. The van der Waals surface area contributed by atoms with Crippen LogP contribution in [0, 0.1) is 12.3 Å². The molecular weight excluding hydrogens is 168 g/mol. The van der Waals surface area contributed by atoms with Crippen LogP contribution in [0.1, 0.15) is 77.6 Å². The Morgan fingerprint density at radius 1 is 1.00 bits per heavy atom. The maximum Gasteiger partial charge on any atom is -0.0386 e. The highest BCUT2D eigenvalue weighted by molar-refractivity contribution is 4.68. The molecule has 14 heavy (non-hydrogen) atoms. The van der Waals surface area contributed by atoms with Gasteiger partial charge >= 0.3 is 0 Å². The van der Waals surface area contributed by atoms with Gasteiger partial charge in [0.25, 0.3) is 0 Å². The van der Waals surface area contributed by atoms with Crippen molar-refractivity contribution in [2.45, 2.75) is 77.6 Å². The van der Waals surface area contributed by atoms with Crippen molar-refractivity contribution in [1.82, 2.24) is 0 Å². The maximum absolute atomic E-state index is 2.48. The second-order valence-corrected chi connectivity index (χ2v) is 4.87. The van der Waals surface area contributed by atoms with E-state index in [1.807, 2.05) is 0 Å². The van der Waals surface area contributed by atoms with E-state index in [1.54, 1.807) is 0 Å². The highest BCUT2D eigenvalue weighted by atomic mass is 14.2. The molecule has 1 rings (SSSR count). The van der Waals surface area contributed by atoms with Gasteiger partial charge in [0.1, 0.15) is 0 Å². The summed E-state index contributed by atoms with van der Waals surface area (Å²) >= 11 is 0. The van der Waals surface area contributed by atoms with E-state index in [9.17, 15) is 0 Å². The molecule has 1 aliphatic carbocycles. The van der Waals surface area contributed by atoms with E-state index in [4.69, 9.17) is 0 Å². The van der Waals surface area contributed by atoms with Gasteiger partial charge in [0, 0.05) is 0 Å². The van der Waals surface area contributed by atoms with Gasteiger partial charge in [-0.05, 0) is 12.3 Å². The van der Waals surface area contributed by atoms with Crippen LogP contribution in [0.2, 0.25) is 0 Å². The Morgan fingerprint density at radius 3 is 2.36 bits per heavy atom. The third kappa shape index (κ3) is 5.67. The van der Waals surface area contributed by atoms with Gasteiger partial charge in [-0.1, -0.05) is 77.6 Å². The van der Waals surface area contributed by atoms with Crippen LogP contribution in [0.25, 0.3) is 0 Å². The van der Waals surface area contributed by atoms with Gasteiger partial charge in [0.15, 0.2) is 0 Å². The summed E-state index contributed by atoms with van der Waals surface area (Å²) in [6.07, 6.45) is 18.5. The summed E-state index contributed by atoms with van der Waals surface area (Å²) < 4.78 is 0. The Kier molecular flexibility index (Phi) is 7.17. The van der Waals surface area contributed by atoms with E-state index in [0.29, 0.717) is 0 Å². The van der Waals surface area contributed by atoms with Crippen molar-refractivity contribution in [2.24, 2.45) is 5.92 Å². The third-order valence-electron chi connectivity index (χ3n) is 3.49. The fourth-order valence-electron chi connectivity index (χ4n) is 2.55. The lowest BCUT2D eigenvalue weighted by atomic mass is 9.93. The Bertz CT molecular complexity index is 109. The third-order valence-corrected chi connectivity index (χ3v) is 3.49. The minimum atomic E-state index is 1.08. The van der Waals surface area contributed by atoms with Crippen LogP contribution >= 0.6 is 0 Å². The molecule has 0 N–H and O–H groups in total. The smallest absolute Gasteiger partial charge is 0.0386 e. The summed E-state index contributed by atoms with van der Waals surface area (Å²) in [7, 11) is 0. The lowest BCUT2D eigenvalue weighted by Crippen LogP contribution is -1.98. The van der Waals surface area contributed by atoms with Gasteiger partial charge in [-0.25, -0.2) is 0 Å². The van der Waals surface area contributed by atoms with Gasteiger partial charge in [-0.3, -0.25) is 0 Å². The minimum absolute atomic E-state index is 1.08. The van der Waals surface area contributed by atoms with Crippen LogP contribution < -0.4 is 0 Å². The molecule has 0 spiro atoms. The number of unbranched alkanes of at least 4 members (excludes halogenated alkanes) is 4. The summed E-state index contributed by atoms with van der Waals surface area (Å²) in [5.74, 6) is 1.08. The van der Waals surface area contributed by atoms with Crippen molar-refractivity contribution in [2.75, 3.05) is 0 Å². The molecule has 0 unspecified atom stereocenters. The summed E-state index contributed by atoms with van der Waals surface area (Å²) in [5.41, 5.74) is 0. The van der Waals surface area contributed by atoms with Crippen molar-refractivity contribution in [3.05, 3.63) is 6.42 Å². The second kappa shape index (κ2) is 8.32. The van der Waals surface area contributed by atoms with Gasteiger partial charge in [0.05, 0.1) is 0 Å². The fourth-order valence-corrected chi connectivity index (χ4v) is 2.55. The Hall–Kier alpha value is 0. The van der Waals surface area contributed by atoms with Crippen LogP contribution in [0.3, 0.4) is 0 Å². The normalized spacial score (nSPS) is 19.5. The van der Waals surface area contributed by atoms with E-state index in [0.717, 1.165) is 5.92 Å². The molecule has 0 aromatic rings. The Labute approximate surface area is 90.5 Å². The zero-order valence-corrected chi connectivity index (χ0v) is 9.93. The first-order valence-corrected chi connectivity index (χ1v) is 6.75. The molecule has 1 radical (unpaired) electrons. The minimum Gasteiger partial charge on any atom is -0.0654 e. The first kappa shape index (κ1) is 12.1. The van der Waals surface area contributed by atoms with Crippen LogP contribution in [0.4, 0.5) is 0 Å². The van der Waals surface area contributed by atoms with Gasteiger partial charge in [-0.2, -0.15) is 0 Å². The largest absolute Gasteiger partial charge is 0.0654 e. The quantitative estimate of drug-likeness (QED) is 0.407. The molecule has 0 aromatic carbocycles. The van der Waals surface area contributed by atoms with E-state index in [2.05, 4.69) is 13.3 Å². The van der Waals surface area contributed by atoms with Crippen molar-refractivity contribution < 1.29 is 0 Å². The average molecular weight is 195 g/mol. The Balaban J connectivity index is 1.93. The zero-order valence-electron chi connectivity index (χ0n) is 9.93. The van der Waals surface area contributed by atoms with Crippen molar-refractivity contribution >= 4 is 0 Å². The molecule has 0 atom stereocenters. The number of rotatable bonds is 6. The zero-order chi connectivity index (χ0) is 10.1. The monoisotopic (exact) mass is 195 g/mol. The van der Waals surface area contributed by atoms with Crippen molar-refractivity contribution in [1.29, 1.82) is 0 Å². The van der Waals surface area contributed by atoms with E-state index >= 15 is 0 Å². The summed E-state index contributed by atoms with van der Waals surface area (Å²) in [5, 5.41) is 0. The second-order valence-electron chi connectivity index (χ2n) is 4.87. The molecule has 0 amide bonds. The highest BCUT2D eigenvalue weighted by Gasteiger charge is 2.11. The topological polar surface area (TPSA) is 0 Å². The number of hydrogen-bond acceptors (Lipinski definition) is 0. The predicted octanol–water partition coefficient (Wildman–Crippen LogP) is 5.13. The average Bonchev–Trinajstić information content (AvgIpc) is 2.46. The molecule has 0 saturated heterocycles. The van der Waals surface area contributed by atoms with Gasteiger partial charge in [-0.15, -0.1) is 0 Å². The predicted molar refractivity (Wildman–Crippen MR) is 64.3 cm³/mol. The van der Waals surface area contributed by atoms with Gasteiger partial charge < -0.3 is 0 Å². The van der Waals surface area contributed by atoms with Crippen LogP contribution in [0.5, 0.6) is 0 Å². The molecule has 0 heteroatoms. The molecule has 1 aliphatic rings. The molecule has 0 aromatic heterocycles. The maximum atomic E-state index is 2.48. The van der Waals surface area contributed by atoms with Crippen LogP contribution in [-0.2, 0) is 0 Å². The van der Waals surface area contributed by atoms with E-state index in [1.165, 1.54) is 70.6 Å². The highest BCUT2D eigenvalue weighted by Crippen LogP contribution is 2.27. The molecule has 0 heterocycles. The van der Waals surface area contributed by atoms with Gasteiger partial charge in [0.2, 0.25) is 0 Å². The SMILES string of the molecule is CCC[CH]CCCC1CCCCCC1. The molecular formula is C14H27. The lowest BCUT2D eigenvalue weighted by Gasteiger charge is -2.12. The van der Waals surface area contributed by atoms with Crippen molar-refractivity contribution in [3.8, 4) is 0 Å². The van der Waals surface area contributed by atoms with Crippen LogP contribution in [0.15, 0.2) is 0 Å². The summed E-state index contributed by atoms with van der Waals surface area (Å²) in [6.45, 7) is 2.27. The first-order chi connectivity index (χ1) is 6.93. The molecule has 1 saturated carbocycles. The van der Waals surface area contributed by atoms with Crippen molar-refractivity contribution in [3.63, 3.8) is 0 Å². The standard InChI is InChI=1S/C14H27/c1-2-3-4-5-8-11-14-12-9-6-7-10-13-14/h4,14H,2-3,5-13H2,1H3. The Morgan fingerprint density at radius 2 is 1.71 bits per heavy atom. The molecule has 0 nitrogen and oxygen atoms in total. The summed E-state index contributed by atoms with van der Waals surface area (Å²) in [6, 6.07) is 0. The first-order valence-electron chi connectivity index (χ1n) is 6.75. The van der Waals surface area contributed by atoms with E-state index in [-0.39, 0.29) is 0 Å². The van der Waals surface area contributed by atoms with E-state index < -0.39 is 0 Å².